The van der Waals surface area contributed by atoms with Crippen LogP contribution in [0.1, 0.15) is 44.1 Å². The number of benzene rings is 1. The Morgan fingerprint density at radius 1 is 1.25 bits per heavy atom. The summed E-state index contributed by atoms with van der Waals surface area (Å²) < 4.78 is 11.4. The largest absolute Gasteiger partial charge is 0.493 e. The lowest BCUT2D eigenvalue weighted by molar-refractivity contribution is -0.125. The Labute approximate surface area is 141 Å². The summed E-state index contributed by atoms with van der Waals surface area (Å²) in [7, 11) is 1.63. The second-order valence-corrected chi connectivity index (χ2v) is 6.39. The summed E-state index contributed by atoms with van der Waals surface area (Å²) >= 11 is 0. The van der Waals surface area contributed by atoms with Gasteiger partial charge in [-0.15, -0.1) is 0 Å². The molecule has 2 fully saturated rings. The van der Waals surface area contributed by atoms with Crippen LogP contribution in [0.4, 0.5) is 0 Å². The third kappa shape index (κ3) is 3.99. The molecule has 2 aliphatic rings. The Hall–Kier alpha value is -2.24. The number of methoxy groups -OCH3 is 1. The Balaban J connectivity index is 1.60. The third-order valence-corrected chi connectivity index (χ3v) is 4.60. The average Bonchev–Trinajstić information content (AvgIpc) is 3.24. The van der Waals surface area contributed by atoms with Crippen molar-refractivity contribution in [3.63, 3.8) is 0 Å². The van der Waals surface area contributed by atoms with E-state index in [4.69, 9.17) is 9.47 Å². The van der Waals surface area contributed by atoms with Crippen molar-refractivity contribution in [1.29, 1.82) is 0 Å². The van der Waals surface area contributed by atoms with E-state index in [0.29, 0.717) is 25.1 Å². The summed E-state index contributed by atoms with van der Waals surface area (Å²) in [6.45, 7) is 0.399. The van der Waals surface area contributed by atoms with Crippen LogP contribution in [0.5, 0.6) is 11.5 Å². The van der Waals surface area contributed by atoms with E-state index in [1.807, 2.05) is 18.2 Å². The van der Waals surface area contributed by atoms with Crippen molar-refractivity contribution in [3.8, 4) is 11.5 Å². The fraction of sp³-hybridized carbons (Fsp3) is 0.556. The predicted molar refractivity (Wildman–Crippen MR) is 88.9 cm³/mol. The van der Waals surface area contributed by atoms with Crippen LogP contribution in [0.3, 0.4) is 0 Å². The lowest BCUT2D eigenvalue weighted by Gasteiger charge is -2.17. The molecule has 1 atom stereocenters. The summed E-state index contributed by atoms with van der Waals surface area (Å²) in [4.78, 5) is 23.3. The Kier molecular flexibility index (Phi) is 5.23. The zero-order chi connectivity index (χ0) is 16.9. The van der Waals surface area contributed by atoms with Gasteiger partial charge in [0.1, 0.15) is 6.04 Å². The molecule has 1 saturated heterocycles. The zero-order valence-electron chi connectivity index (χ0n) is 14.0. The summed E-state index contributed by atoms with van der Waals surface area (Å²) in [5.74, 6) is 1.23. The van der Waals surface area contributed by atoms with Crippen LogP contribution in [-0.2, 0) is 16.1 Å². The first-order chi connectivity index (χ1) is 11.7. The standard InChI is InChI=1S/C18H24N2O4/c1-23-15-8-6-12(10-16(15)24-13-4-2-3-5-13)11-19-18(22)14-7-9-17(21)20-14/h6,8,10,13-14H,2-5,7,9,11H2,1H3,(H,19,22)(H,20,21). The van der Waals surface area contributed by atoms with E-state index in [2.05, 4.69) is 10.6 Å². The number of nitrogens with one attached hydrogen (secondary N) is 2. The molecule has 1 aliphatic carbocycles. The molecule has 0 bridgehead atoms. The number of carbonyl (C=O) groups excluding carboxylic acids is 2. The van der Waals surface area contributed by atoms with Gasteiger partial charge >= 0.3 is 0 Å². The van der Waals surface area contributed by atoms with Gasteiger partial charge in [-0.2, -0.15) is 0 Å². The third-order valence-electron chi connectivity index (χ3n) is 4.60. The van der Waals surface area contributed by atoms with Crippen LogP contribution < -0.4 is 20.1 Å². The topological polar surface area (TPSA) is 76.7 Å². The average molecular weight is 332 g/mol. The first kappa shape index (κ1) is 16.6. The summed E-state index contributed by atoms with van der Waals surface area (Å²) in [6.07, 6.45) is 5.78. The molecule has 24 heavy (non-hydrogen) atoms. The highest BCUT2D eigenvalue weighted by Gasteiger charge is 2.26. The van der Waals surface area contributed by atoms with E-state index in [1.54, 1.807) is 7.11 Å². The van der Waals surface area contributed by atoms with Crippen molar-refractivity contribution in [2.75, 3.05) is 7.11 Å². The summed E-state index contributed by atoms with van der Waals surface area (Å²) in [6, 6.07) is 5.28. The van der Waals surface area contributed by atoms with Crippen LogP contribution in [0.2, 0.25) is 0 Å². The fourth-order valence-electron chi connectivity index (χ4n) is 3.23. The predicted octanol–water partition coefficient (Wildman–Crippen LogP) is 1.91. The fourth-order valence-corrected chi connectivity index (χ4v) is 3.23. The van der Waals surface area contributed by atoms with Crippen LogP contribution >= 0.6 is 0 Å². The van der Waals surface area contributed by atoms with Crippen molar-refractivity contribution in [2.24, 2.45) is 0 Å². The van der Waals surface area contributed by atoms with Gasteiger partial charge in [0.2, 0.25) is 11.8 Å². The molecule has 1 aromatic carbocycles. The smallest absolute Gasteiger partial charge is 0.242 e. The monoisotopic (exact) mass is 332 g/mol. The highest BCUT2D eigenvalue weighted by Crippen LogP contribution is 2.32. The van der Waals surface area contributed by atoms with Gasteiger partial charge in [-0.1, -0.05) is 6.07 Å². The molecule has 0 spiro atoms. The van der Waals surface area contributed by atoms with Gasteiger partial charge in [-0.3, -0.25) is 9.59 Å². The second-order valence-electron chi connectivity index (χ2n) is 6.39. The van der Waals surface area contributed by atoms with Gasteiger partial charge < -0.3 is 20.1 Å². The van der Waals surface area contributed by atoms with Gasteiger partial charge in [0.05, 0.1) is 13.2 Å². The van der Waals surface area contributed by atoms with Crippen molar-refractivity contribution in [2.45, 2.75) is 57.2 Å². The number of hydrogen-bond acceptors (Lipinski definition) is 4. The van der Waals surface area contributed by atoms with Gasteiger partial charge in [-0.25, -0.2) is 0 Å². The molecule has 6 nitrogen and oxygen atoms in total. The lowest BCUT2D eigenvalue weighted by atomic mass is 10.1. The Morgan fingerprint density at radius 3 is 2.71 bits per heavy atom. The molecule has 130 valence electrons. The molecule has 1 saturated carbocycles. The first-order valence-corrected chi connectivity index (χ1v) is 8.56. The molecule has 0 radical (unpaired) electrons. The highest BCUT2D eigenvalue weighted by molar-refractivity contribution is 5.90. The minimum absolute atomic E-state index is 0.0631. The minimum atomic E-state index is -0.412. The first-order valence-electron chi connectivity index (χ1n) is 8.56. The maximum Gasteiger partial charge on any atom is 0.242 e. The highest BCUT2D eigenvalue weighted by atomic mass is 16.5. The molecule has 1 aromatic rings. The number of rotatable bonds is 6. The van der Waals surface area contributed by atoms with E-state index in [9.17, 15) is 9.59 Å². The van der Waals surface area contributed by atoms with E-state index in [0.717, 1.165) is 24.2 Å². The second kappa shape index (κ2) is 7.55. The Morgan fingerprint density at radius 2 is 2.04 bits per heavy atom. The molecule has 1 aliphatic heterocycles. The molecule has 0 aromatic heterocycles. The number of ether oxygens (including phenoxy) is 2. The van der Waals surface area contributed by atoms with Crippen LogP contribution in [-0.4, -0.2) is 31.1 Å². The number of hydrogen-bond donors (Lipinski definition) is 2. The van der Waals surface area contributed by atoms with Crippen LogP contribution in [0, 0.1) is 0 Å². The van der Waals surface area contributed by atoms with E-state index < -0.39 is 6.04 Å². The van der Waals surface area contributed by atoms with Crippen molar-refractivity contribution in [1.82, 2.24) is 10.6 Å². The Bertz CT molecular complexity index is 611. The SMILES string of the molecule is COc1ccc(CNC(=O)C2CCC(=O)N2)cc1OC1CCCC1. The minimum Gasteiger partial charge on any atom is -0.493 e. The van der Waals surface area contributed by atoms with Gasteiger partial charge in [0, 0.05) is 13.0 Å². The van der Waals surface area contributed by atoms with E-state index in [-0.39, 0.29) is 17.9 Å². The molecular weight excluding hydrogens is 308 g/mol. The van der Waals surface area contributed by atoms with Crippen molar-refractivity contribution in [3.05, 3.63) is 23.8 Å². The normalized spacial score (nSPS) is 20.7. The maximum atomic E-state index is 12.1. The van der Waals surface area contributed by atoms with E-state index >= 15 is 0 Å². The summed E-state index contributed by atoms with van der Waals surface area (Å²) in [5.41, 5.74) is 0.946. The molecule has 2 N–H and O–H groups in total. The zero-order valence-corrected chi connectivity index (χ0v) is 14.0. The molecule has 1 heterocycles. The quantitative estimate of drug-likeness (QED) is 0.834. The van der Waals surface area contributed by atoms with Crippen LogP contribution in [0.25, 0.3) is 0 Å². The van der Waals surface area contributed by atoms with Gasteiger partial charge in [0.25, 0.3) is 0 Å². The van der Waals surface area contributed by atoms with Gasteiger partial charge in [-0.05, 0) is 49.8 Å². The lowest BCUT2D eigenvalue weighted by Crippen LogP contribution is -2.41. The van der Waals surface area contributed by atoms with Crippen molar-refractivity contribution >= 4 is 11.8 Å². The molecule has 1 unspecified atom stereocenters. The molecule has 6 heteroatoms. The van der Waals surface area contributed by atoms with E-state index in [1.165, 1.54) is 12.8 Å². The number of amides is 2. The van der Waals surface area contributed by atoms with Crippen molar-refractivity contribution < 1.29 is 19.1 Å². The summed E-state index contributed by atoms with van der Waals surface area (Å²) in [5, 5.41) is 5.54. The number of carbonyl (C=O) groups is 2. The molecule has 2 amide bonds. The molecular formula is C18H24N2O4. The maximum absolute atomic E-state index is 12.1. The van der Waals surface area contributed by atoms with Gasteiger partial charge in [0.15, 0.2) is 11.5 Å². The van der Waals surface area contributed by atoms with Crippen LogP contribution in [0.15, 0.2) is 18.2 Å². The molecule has 3 rings (SSSR count).